The molecule has 6 nitrogen and oxygen atoms in total. The van der Waals surface area contributed by atoms with Gasteiger partial charge >= 0.3 is 6.36 Å². The maximum atomic E-state index is 12.5. The fraction of sp³-hybridized carbons (Fsp3) is 0.300. The lowest BCUT2D eigenvalue weighted by Crippen LogP contribution is -2.39. The van der Waals surface area contributed by atoms with Crippen LogP contribution in [0.5, 0.6) is 5.75 Å². The van der Waals surface area contributed by atoms with E-state index in [4.69, 9.17) is 0 Å². The minimum atomic E-state index is -4.76. The summed E-state index contributed by atoms with van der Waals surface area (Å²) in [7, 11) is 1.53. The van der Waals surface area contributed by atoms with Crippen molar-refractivity contribution in [3.05, 3.63) is 65.7 Å². The quantitative estimate of drug-likeness (QED) is 0.274. The molecule has 2 rings (SSSR count). The Morgan fingerprint density at radius 2 is 1.63 bits per heavy atom. The summed E-state index contributed by atoms with van der Waals surface area (Å²) in [5, 5.41) is 8.67. The number of halogens is 4. The lowest BCUT2D eigenvalue weighted by Gasteiger charge is -2.15. The normalized spacial score (nSPS) is 11.3. The highest BCUT2D eigenvalue weighted by atomic mass is 127. The van der Waals surface area contributed by atoms with Gasteiger partial charge in [0.1, 0.15) is 5.75 Å². The molecule has 10 heteroatoms. The molecule has 0 saturated carbocycles. The van der Waals surface area contributed by atoms with Gasteiger partial charge in [-0.05, 0) is 11.6 Å². The van der Waals surface area contributed by atoms with E-state index < -0.39 is 6.36 Å². The summed E-state index contributed by atoms with van der Waals surface area (Å²) in [6.07, 6.45) is -4.54. The Kier molecular flexibility index (Phi) is 11.0. The van der Waals surface area contributed by atoms with Gasteiger partial charge < -0.3 is 20.7 Å². The van der Waals surface area contributed by atoms with Gasteiger partial charge in [-0.2, -0.15) is 0 Å². The van der Waals surface area contributed by atoms with Gasteiger partial charge in [-0.1, -0.05) is 48.5 Å². The summed E-state index contributed by atoms with van der Waals surface area (Å²) < 4.78 is 41.5. The largest absolute Gasteiger partial charge is 0.573 e. The van der Waals surface area contributed by atoms with E-state index in [-0.39, 0.29) is 48.6 Å². The van der Waals surface area contributed by atoms with E-state index in [2.05, 4.69) is 25.7 Å². The monoisotopic (exact) mass is 536 g/mol. The summed E-state index contributed by atoms with van der Waals surface area (Å²) in [5.41, 5.74) is 1.33. The maximum absolute atomic E-state index is 12.5. The highest BCUT2D eigenvalue weighted by Gasteiger charge is 2.31. The number of carbonyl (C=O) groups excluding carboxylic acids is 1. The van der Waals surface area contributed by atoms with Crippen molar-refractivity contribution in [2.24, 2.45) is 4.99 Å². The highest BCUT2D eigenvalue weighted by Crippen LogP contribution is 2.25. The smallest absolute Gasteiger partial charge is 0.405 e. The summed E-state index contributed by atoms with van der Waals surface area (Å²) in [6.45, 7) is 0.843. The molecule has 0 heterocycles. The second-order valence-electron chi connectivity index (χ2n) is 6.02. The van der Waals surface area contributed by atoms with Crippen molar-refractivity contribution in [2.75, 3.05) is 13.6 Å². The molecule has 0 saturated heterocycles. The number of benzene rings is 2. The van der Waals surface area contributed by atoms with E-state index >= 15 is 0 Å². The fourth-order valence-electron chi connectivity index (χ4n) is 2.45. The van der Waals surface area contributed by atoms with Crippen molar-refractivity contribution >= 4 is 35.8 Å². The summed E-state index contributed by atoms with van der Waals surface area (Å²) in [4.78, 5) is 15.9. The fourth-order valence-corrected chi connectivity index (χ4v) is 2.45. The number of hydrogen-bond donors (Lipinski definition) is 3. The minimum absolute atomic E-state index is 0. The Morgan fingerprint density at radius 3 is 2.30 bits per heavy atom. The predicted octanol–water partition coefficient (Wildman–Crippen LogP) is 3.57. The van der Waals surface area contributed by atoms with Crippen LogP contribution in [0.1, 0.15) is 17.5 Å². The zero-order valence-electron chi connectivity index (χ0n) is 16.3. The van der Waals surface area contributed by atoms with Crippen LogP contribution in [0.4, 0.5) is 13.2 Å². The van der Waals surface area contributed by atoms with Crippen LogP contribution in [-0.4, -0.2) is 31.8 Å². The zero-order chi connectivity index (χ0) is 21.1. The second-order valence-corrected chi connectivity index (χ2v) is 6.02. The van der Waals surface area contributed by atoms with Crippen LogP contribution in [0.25, 0.3) is 0 Å². The first-order chi connectivity index (χ1) is 13.9. The Balaban J connectivity index is 0.00000450. The molecule has 0 fully saturated rings. The summed E-state index contributed by atoms with van der Waals surface area (Å²) in [5.74, 6) is -0.0355. The third-order valence-corrected chi connectivity index (χ3v) is 3.85. The predicted molar refractivity (Wildman–Crippen MR) is 120 cm³/mol. The second kappa shape index (κ2) is 12.9. The molecular weight excluding hydrogens is 512 g/mol. The molecule has 2 aromatic carbocycles. The SMILES string of the molecule is CN=C(NCCC(=O)NCc1ccccc1)NCc1ccccc1OC(F)(F)F.I. The minimum Gasteiger partial charge on any atom is -0.405 e. The number of alkyl halides is 3. The topological polar surface area (TPSA) is 74.8 Å². The first-order valence-corrected chi connectivity index (χ1v) is 8.96. The van der Waals surface area contributed by atoms with Crippen molar-refractivity contribution in [1.29, 1.82) is 0 Å². The van der Waals surface area contributed by atoms with Gasteiger partial charge in [-0.25, -0.2) is 0 Å². The summed E-state index contributed by atoms with van der Waals surface area (Å²) >= 11 is 0. The number of nitrogens with zero attached hydrogens (tertiary/aromatic N) is 1. The van der Waals surface area contributed by atoms with Gasteiger partial charge in [0.25, 0.3) is 0 Å². The van der Waals surface area contributed by atoms with Crippen LogP contribution in [0.3, 0.4) is 0 Å². The molecule has 164 valence electrons. The molecule has 0 bridgehead atoms. The molecule has 0 spiro atoms. The van der Waals surface area contributed by atoms with Gasteiger partial charge in [0, 0.05) is 38.7 Å². The van der Waals surface area contributed by atoms with Crippen LogP contribution in [-0.2, 0) is 17.9 Å². The van der Waals surface area contributed by atoms with E-state index in [1.807, 2.05) is 30.3 Å². The molecule has 30 heavy (non-hydrogen) atoms. The molecule has 0 aliphatic rings. The van der Waals surface area contributed by atoms with Crippen molar-refractivity contribution in [3.8, 4) is 5.75 Å². The van der Waals surface area contributed by atoms with E-state index in [0.29, 0.717) is 24.6 Å². The van der Waals surface area contributed by atoms with Crippen molar-refractivity contribution in [1.82, 2.24) is 16.0 Å². The van der Waals surface area contributed by atoms with E-state index in [1.165, 1.54) is 25.2 Å². The third kappa shape index (κ3) is 9.81. The molecular formula is C20H24F3IN4O2. The van der Waals surface area contributed by atoms with Crippen LogP contribution in [0.15, 0.2) is 59.6 Å². The van der Waals surface area contributed by atoms with Gasteiger partial charge in [0.15, 0.2) is 5.96 Å². The number of aliphatic imine (C=N–C) groups is 1. The van der Waals surface area contributed by atoms with Gasteiger partial charge in [-0.15, -0.1) is 37.1 Å². The maximum Gasteiger partial charge on any atom is 0.573 e. The standard InChI is InChI=1S/C20H23F3N4O2.HI/c1-24-19(25-12-11-18(28)26-13-15-7-3-2-4-8-15)27-14-16-9-5-6-10-17(16)29-20(21,22)23;/h2-10H,11-14H2,1H3,(H,26,28)(H2,24,25,27);1H. The number of nitrogens with one attached hydrogen (secondary N) is 3. The average Bonchev–Trinajstić information content (AvgIpc) is 2.69. The molecule has 0 radical (unpaired) electrons. The van der Waals surface area contributed by atoms with Gasteiger partial charge in [0.2, 0.25) is 5.91 Å². The van der Waals surface area contributed by atoms with Crippen molar-refractivity contribution in [2.45, 2.75) is 25.9 Å². The van der Waals surface area contributed by atoms with Gasteiger partial charge in [-0.3, -0.25) is 9.79 Å². The number of amides is 1. The highest BCUT2D eigenvalue weighted by molar-refractivity contribution is 14.0. The molecule has 0 unspecified atom stereocenters. The lowest BCUT2D eigenvalue weighted by atomic mass is 10.2. The van der Waals surface area contributed by atoms with Gasteiger partial charge in [0.05, 0.1) is 0 Å². The number of ether oxygens (including phenoxy) is 1. The number of rotatable bonds is 8. The van der Waals surface area contributed by atoms with Crippen LogP contribution >= 0.6 is 24.0 Å². The van der Waals surface area contributed by atoms with E-state index in [9.17, 15) is 18.0 Å². The first-order valence-electron chi connectivity index (χ1n) is 8.96. The Morgan fingerprint density at radius 1 is 0.967 bits per heavy atom. The molecule has 1 amide bonds. The van der Waals surface area contributed by atoms with E-state index in [0.717, 1.165) is 5.56 Å². The molecule has 3 N–H and O–H groups in total. The zero-order valence-corrected chi connectivity index (χ0v) is 18.7. The number of carbonyl (C=O) groups is 1. The van der Waals surface area contributed by atoms with Crippen LogP contribution in [0.2, 0.25) is 0 Å². The Labute approximate surface area is 190 Å². The molecule has 0 aliphatic heterocycles. The molecule has 2 aromatic rings. The first kappa shape index (κ1) is 25.5. The summed E-state index contributed by atoms with van der Waals surface area (Å²) in [6, 6.07) is 15.4. The Bertz CT molecular complexity index is 817. The van der Waals surface area contributed by atoms with Crippen molar-refractivity contribution in [3.63, 3.8) is 0 Å². The van der Waals surface area contributed by atoms with Crippen LogP contribution < -0.4 is 20.7 Å². The van der Waals surface area contributed by atoms with Crippen molar-refractivity contribution < 1.29 is 22.7 Å². The molecule has 0 aliphatic carbocycles. The number of para-hydroxylation sites is 1. The molecule has 0 aromatic heterocycles. The number of guanidine groups is 1. The third-order valence-electron chi connectivity index (χ3n) is 3.85. The molecule has 0 atom stereocenters. The average molecular weight is 536 g/mol. The van der Waals surface area contributed by atoms with Crippen LogP contribution in [0, 0.1) is 0 Å². The van der Waals surface area contributed by atoms with E-state index in [1.54, 1.807) is 6.07 Å². The Hall–Kier alpha value is -2.50. The number of hydrogen-bond acceptors (Lipinski definition) is 3. The lowest BCUT2D eigenvalue weighted by molar-refractivity contribution is -0.274.